The molecule has 0 fully saturated rings. The molecular weight excluding hydrogens is 378 g/mol. The maximum absolute atomic E-state index is 12.6. The predicted octanol–water partition coefficient (Wildman–Crippen LogP) is 2.96. The smallest absolute Gasteiger partial charge is 0.263 e. The highest BCUT2D eigenvalue weighted by molar-refractivity contribution is 7.92. The molecule has 2 aromatic carbocycles. The fourth-order valence-corrected chi connectivity index (χ4v) is 3.57. The second-order valence-corrected chi connectivity index (χ2v) is 7.77. The SMILES string of the molecule is CC(=O)NCCc1ccc(S(=O)(=O)Nc2noc3ccc(Cl)cc23)cc1. The van der Waals surface area contributed by atoms with Gasteiger partial charge in [-0.05, 0) is 42.3 Å². The van der Waals surface area contributed by atoms with Gasteiger partial charge in [0.15, 0.2) is 11.4 Å². The Bertz CT molecular complexity index is 1050. The monoisotopic (exact) mass is 393 g/mol. The lowest BCUT2D eigenvalue weighted by Crippen LogP contribution is -2.22. The van der Waals surface area contributed by atoms with Crippen LogP contribution in [0.3, 0.4) is 0 Å². The summed E-state index contributed by atoms with van der Waals surface area (Å²) in [6.07, 6.45) is 0.611. The number of anilines is 1. The van der Waals surface area contributed by atoms with Gasteiger partial charge in [-0.2, -0.15) is 0 Å². The van der Waals surface area contributed by atoms with E-state index in [1.165, 1.54) is 19.1 Å². The molecule has 9 heteroatoms. The van der Waals surface area contributed by atoms with E-state index in [-0.39, 0.29) is 16.6 Å². The number of carbonyl (C=O) groups is 1. The van der Waals surface area contributed by atoms with E-state index in [1.54, 1.807) is 30.3 Å². The predicted molar refractivity (Wildman–Crippen MR) is 98.7 cm³/mol. The van der Waals surface area contributed by atoms with Crippen molar-refractivity contribution >= 4 is 44.3 Å². The van der Waals surface area contributed by atoms with Crippen LogP contribution in [0.25, 0.3) is 11.0 Å². The number of fused-ring (bicyclic) bond motifs is 1. The number of hydrogen-bond acceptors (Lipinski definition) is 5. The Hall–Kier alpha value is -2.58. The highest BCUT2D eigenvalue weighted by atomic mass is 35.5. The van der Waals surface area contributed by atoms with Gasteiger partial charge in [0.1, 0.15) is 0 Å². The number of nitrogens with zero attached hydrogens (tertiary/aromatic N) is 1. The zero-order valence-electron chi connectivity index (χ0n) is 13.8. The topological polar surface area (TPSA) is 101 Å². The van der Waals surface area contributed by atoms with Crippen molar-refractivity contribution in [3.05, 3.63) is 53.1 Å². The molecule has 0 unspecified atom stereocenters. The molecule has 1 heterocycles. The van der Waals surface area contributed by atoms with E-state index in [9.17, 15) is 13.2 Å². The van der Waals surface area contributed by atoms with Crippen molar-refractivity contribution in [2.75, 3.05) is 11.3 Å². The molecule has 0 radical (unpaired) electrons. The fraction of sp³-hybridized carbons (Fsp3) is 0.176. The summed E-state index contributed by atoms with van der Waals surface area (Å²) in [5.74, 6) is -0.0226. The maximum Gasteiger partial charge on any atom is 0.263 e. The molecule has 0 aliphatic rings. The normalized spacial score (nSPS) is 11.5. The molecule has 0 spiro atoms. The lowest BCUT2D eigenvalue weighted by molar-refractivity contribution is -0.118. The van der Waals surface area contributed by atoms with E-state index in [1.807, 2.05) is 0 Å². The Morgan fingerprint density at radius 2 is 1.92 bits per heavy atom. The minimum Gasteiger partial charge on any atom is -0.356 e. The van der Waals surface area contributed by atoms with Gasteiger partial charge in [-0.25, -0.2) is 8.42 Å². The Kier molecular flexibility index (Phi) is 5.15. The van der Waals surface area contributed by atoms with Crippen molar-refractivity contribution in [1.82, 2.24) is 10.5 Å². The lowest BCUT2D eigenvalue weighted by atomic mass is 10.1. The number of sulfonamides is 1. The molecule has 7 nitrogen and oxygen atoms in total. The van der Waals surface area contributed by atoms with Crippen molar-refractivity contribution in [2.45, 2.75) is 18.2 Å². The summed E-state index contributed by atoms with van der Waals surface area (Å²) in [6.45, 7) is 1.94. The van der Waals surface area contributed by atoms with E-state index >= 15 is 0 Å². The van der Waals surface area contributed by atoms with Crippen LogP contribution in [0.4, 0.5) is 5.82 Å². The Morgan fingerprint density at radius 3 is 2.62 bits per heavy atom. The summed E-state index contributed by atoms with van der Waals surface area (Å²) in [7, 11) is -3.82. The van der Waals surface area contributed by atoms with Crippen LogP contribution in [0.2, 0.25) is 5.02 Å². The third-order valence-corrected chi connectivity index (χ3v) is 5.27. The van der Waals surface area contributed by atoms with E-state index < -0.39 is 10.0 Å². The zero-order chi connectivity index (χ0) is 18.7. The highest BCUT2D eigenvalue weighted by Crippen LogP contribution is 2.27. The van der Waals surface area contributed by atoms with Gasteiger partial charge in [0.05, 0.1) is 10.3 Å². The first-order chi connectivity index (χ1) is 12.3. The van der Waals surface area contributed by atoms with E-state index in [0.29, 0.717) is 29.0 Å². The summed E-state index contributed by atoms with van der Waals surface area (Å²) >= 11 is 5.94. The average molecular weight is 394 g/mol. The maximum atomic E-state index is 12.6. The summed E-state index contributed by atoms with van der Waals surface area (Å²) in [4.78, 5) is 11.0. The number of hydrogen-bond donors (Lipinski definition) is 2. The third kappa shape index (κ3) is 4.14. The van der Waals surface area contributed by atoms with Crippen molar-refractivity contribution < 1.29 is 17.7 Å². The van der Waals surface area contributed by atoms with E-state index in [4.69, 9.17) is 16.1 Å². The van der Waals surface area contributed by atoms with E-state index in [0.717, 1.165) is 5.56 Å². The van der Waals surface area contributed by atoms with Gasteiger partial charge in [0.25, 0.3) is 10.0 Å². The fourth-order valence-electron chi connectivity index (χ4n) is 2.39. The molecular formula is C17H16ClN3O4S. The number of halogens is 1. The molecule has 1 aromatic heterocycles. The quantitative estimate of drug-likeness (QED) is 0.670. The van der Waals surface area contributed by atoms with Crippen LogP contribution in [0.5, 0.6) is 0 Å². The Labute approximate surface area is 155 Å². The number of rotatable bonds is 6. The Balaban J connectivity index is 1.77. The molecule has 136 valence electrons. The highest BCUT2D eigenvalue weighted by Gasteiger charge is 2.18. The number of aromatic nitrogens is 1. The summed E-state index contributed by atoms with van der Waals surface area (Å²) < 4.78 is 32.6. The average Bonchev–Trinajstić information content (AvgIpc) is 2.96. The summed E-state index contributed by atoms with van der Waals surface area (Å²) in [5.41, 5.74) is 1.34. The Morgan fingerprint density at radius 1 is 1.19 bits per heavy atom. The molecule has 2 N–H and O–H groups in total. The largest absolute Gasteiger partial charge is 0.356 e. The number of carbonyl (C=O) groups excluding carboxylic acids is 1. The molecule has 0 bridgehead atoms. The van der Waals surface area contributed by atoms with Crippen LogP contribution in [0.15, 0.2) is 51.9 Å². The molecule has 0 saturated carbocycles. The number of amides is 1. The molecule has 26 heavy (non-hydrogen) atoms. The van der Waals surface area contributed by atoms with Crippen LogP contribution < -0.4 is 10.0 Å². The molecule has 3 aromatic rings. The molecule has 1 amide bonds. The van der Waals surface area contributed by atoms with Gasteiger partial charge in [0.2, 0.25) is 5.91 Å². The van der Waals surface area contributed by atoms with Crippen molar-refractivity contribution in [3.8, 4) is 0 Å². The van der Waals surface area contributed by atoms with Gasteiger partial charge in [-0.3, -0.25) is 9.52 Å². The van der Waals surface area contributed by atoms with Gasteiger partial charge < -0.3 is 9.84 Å². The third-order valence-electron chi connectivity index (χ3n) is 3.68. The minimum absolute atomic E-state index is 0.0808. The van der Waals surface area contributed by atoms with Crippen molar-refractivity contribution in [3.63, 3.8) is 0 Å². The molecule has 0 aliphatic heterocycles. The van der Waals surface area contributed by atoms with Gasteiger partial charge >= 0.3 is 0 Å². The standard InChI is InChI=1S/C17H16ClN3O4S/c1-11(22)19-9-8-12-2-5-14(6-3-12)26(23,24)21-17-15-10-13(18)4-7-16(15)25-20-17/h2-7,10H,8-9H2,1H3,(H,19,22)(H,20,21). The van der Waals surface area contributed by atoms with Crippen LogP contribution in [0.1, 0.15) is 12.5 Å². The van der Waals surface area contributed by atoms with Gasteiger partial charge in [-0.1, -0.05) is 28.9 Å². The summed E-state index contributed by atoms with van der Waals surface area (Å²) in [5, 5.41) is 7.38. The molecule has 3 rings (SSSR count). The molecule has 0 aliphatic carbocycles. The number of nitrogens with one attached hydrogen (secondary N) is 2. The second kappa shape index (κ2) is 7.35. The number of benzene rings is 2. The van der Waals surface area contributed by atoms with Crippen LogP contribution in [-0.2, 0) is 21.2 Å². The van der Waals surface area contributed by atoms with Crippen LogP contribution in [0, 0.1) is 0 Å². The second-order valence-electron chi connectivity index (χ2n) is 5.65. The first-order valence-corrected chi connectivity index (χ1v) is 9.62. The summed E-state index contributed by atoms with van der Waals surface area (Å²) in [6, 6.07) is 11.2. The molecule has 0 saturated heterocycles. The first-order valence-electron chi connectivity index (χ1n) is 7.76. The minimum atomic E-state index is -3.82. The van der Waals surface area contributed by atoms with Crippen LogP contribution >= 0.6 is 11.6 Å². The van der Waals surface area contributed by atoms with Gasteiger partial charge in [-0.15, -0.1) is 0 Å². The molecule has 0 atom stereocenters. The lowest BCUT2D eigenvalue weighted by Gasteiger charge is -2.07. The zero-order valence-corrected chi connectivity index (χ0v) is 15.4. The van der Waals surface area contributed by atoms with Crippen molar-refractivity contribution in [1.29, 1.82) is 0 Å². The van der Waals surface area contributed by atoms with Crippen molar-refractivity contribution in [2.24, 2.45) is 0 Å². The first kappa shape index (κ1) is 18.2. The van der Waals surface area contributed by atoms with Gasteiger partial charge in [0, 0.05) is 18.5 Å². The van der Waals surface area contributed by atoms with Crippen LogP contribution in [-0.4, -0.2) is 26.0 Å². The van der Waals surface area contributed by atoms with E-state index in [2.05, 4.69) is 15.2 Å².